The van der Waals surface area contributed by atoms with Gasteiger partial charge in [0.2, 0.25) is 11.8 Å². The number of carbonyl (C=O) groups excluding carboxylic acids is 2. The Balaban J connectivity index is 1.50. The normalized spacial score (nSPS) is 24.3. The lowest BCUT2D eigenvalue weighted by molar-refractivity contribution is -0.134. The minimum Gasteiger partial charge on any atom is -0.352 e. The average Bonchev–Trinajstić information content (AvgIpc) is 3.03. The van der Waals surface area contributed by atoms with Crippen molar-refractivity contribution in [2.75, 3.05) is 32.7 Å². The molecule has 2 fully saturated rings. The topological polar surface area (TPSA) is 52.7 Å². The molecule has 1 aromatic rings. The first-order chi connectivity index (χ1) is 12.0. The van der Waals surface area contributed by atoms with Gasteiger partial charge in [0.05, 0.1) is 6.54 Å². The smallest absolute Gasteiger partial charge is 0.236 e. The van der Waals surface area contributed by atoms with Crippen LogP contribution in [0, 0.1) is 5.82 Å². The second-order valence-electron chi connectivity index (χ2n) is 7.15. The van der Waals surface area contributed by atoms with E-state index in [2.05, 4.69) is 10.2 Å². The second kappa shape index (κ2) is 7.95. The molecule has 1 aromatic carbocycles. The highest BCUT2D eigenvalue weighted by molar-refractivity contribution is 5.79. The second-order valence-corrected chi connectivity index (χ2v) is 7.15. The van der Waals surface area contributed by atoms with Crippen LogP contribution in [0.25, 0.3) is 0 Å². The zero-order chi connectivity index (χ0) is 17.8. The quantitative estimate of drug-likeness (QED) is 0.903. The van der Waals surface area contributed by atoms with Gasteiger partial charge < -0.3 is 10.2 Å². The molecule has 0 aromatic heterocycles. The Labute approximate surface area is 148 Å². The van der Waals surface area contributed by atoms with Crippen LogP contribution in [0.1, 0.15) is 37.7 Å². The maximum absolute atomic E-state index is 13.1. The van der Waals surface area contributed by atoms with Crippen LogP contribution in [0.4, 0.5) is 4.39 Å². The fourth-order valence-electron chi connectivity index (χ4n) is 3.88. The summed E-state index contributed by atoms with van der Waals surface area (Å²) in [6.07, 6.45) is 2.85. The molecule has 5 nitrogen and oxygen atoms in total. The molecule has 0 aliphatic carbocycles. The monoisotopic (exact) mass is 347 g/mol. The Hall–Kier alpha value is -1.95. The van der Waals surface area contributed by atoms with E-state index in [-0.39, 0.29) is 23.7 Å². The lowest BCUT2D eigenvalue weighted by Gasteiger charge is -2.34. The SMILES string of the molecule is CC(=O)NC1CCCN(C(=O)CN2CCC(c3ccc(F)cc3)C2)C1. The molecule has 0 bridgehead atoms. The summed E-state index contributed by atoms with van der Waals surface area (Å²) in [5.41, 5.74) is 1.14. The predicted molar refractivity (Wildman–Crippen MR) is 93.6 cm³/mol. The average molecular weight is 347 g/mol. The Morgan fingerprint density at radius 2 is 1.92 bits per heavy atom. The van der Waals surface area contributed by atoms with E-state index in [1.165, 1.54) is 19.1 Å². The molecule has 2 heterocycles. The summed E-state index contributed by atoms with van der Waals surface area (Å²) in [6, 6.07) is 6.75. The largest absolute Gasteiger partial charge is 0.352 e. The molecule has 2 aliphatic heterocycles. The van der Waals surface area contributed by atoms with Gasteiger partial charge in [-0.3, -0.25) is 14.5 Å². The van der Waals surface area contributed by atoms with Crippen LogP contribution < -0.4 is 5.32 Å². The molecule has 136 valence electrons. The summed E-state index contributed by atoms with van der Waals surface area (Å²) in [5, 5.41) is 2.92. The van der Waals surface area contributed by atoms with Gasteiger partial charge in [-0.05, 0) is 49.4 Å². The molecule has 2 unspecified atom stereocenters. The van der Waals surface area contributed by atoms with Crippen LogP contribution in [0.15, 0.2) is 24.3 Å². The number of hydrogen-bond donors (Lipinski definition) is 1. The molecule has 0 saturated carbocycles. The molecule has 2 aliphatic rings. The first-order valence-corrected chi connectivity index (χ1v) is 9.04. The van der Waals surface area contributed by atoms with Gasteiger partial charge in [0, 0.05) is 32.6 Å². The van der Waals surface area contributed by atoms with Gasteiger partial charge in [0.15, 0.2) is 0 Å². The van der Waals surface area contributed by atoms with E-state index in [0.29, 0.717) is 19.0 Å². The molecular weight excluding hydrogens is 321 g/mol. The summed E-state index contributed by atoms with van der Waals surface area (Å²) >= 11 is 0. The van der Waals surface area contributed by atoms with Crippen molar-refractivity contribution in [2.45, 2.75) is 38.1 Å². The lowest BCUT2D eigenvalue weighted by atomic mass is 9.99. The van der Waals surface area contributed by atoms with Crippen LogP contribution >= 0.6 is 0 Å². The van der Waals surface area contributed by atoms with Crippen LogP contribution in [0.5, 0.6) is 0 Å². The van der Waals surface area contributed by atoms with Gasteiger partial charge in [-0.2, -0.15) is 0 Å². The van der Waals surface area contributed by atoms with Gasteiger partial charge in [-0.1, -0.05) is 12.1 Å². The van der Waals surface area contributed by atoms with Crippen molar-refractivity contribution < 1.29 is 14.0 Å². The van der Waals surface area contributed by atoms with Crippen LogP contribution in [-0.4, -0.2) is 60.4 Å². The van der Waals surface area contributed by atoms with Crippen molar-refractivity contribution in [2.24, 2.45) is 0 Å². The Morgan fingerprint density at radius 3 is 2.64 bits per heavy atom. The molecule has 2 atom stereocenters. The maximum Gasteiger partial charge on any atom is 0.236 e. The maximum atomic E-state index is 13.1. The van der Waals surface area contributed by atoms with Crippen molar-refractivity contribution in [3.63, 3.8) is 0 Å². The first-order valence-electron chi connectivity index (χ1n) is 9.04. The number of piperidine rings is 1. The minimum atomic E-state index is -0.215. The third-order valence-corrected chi connectivity index (χ3v) is 5.15. The number of likely N-dealkylation sites (tertiary alicyclic amines) is 2. The fourth-order valence-corrected chi connectivity index (χ4v) is 3.88. The van der Waals surface area contributed by atoms with Crippen molar-refractivity contribution in [1.29, 1.82) is 0 Å². The molecule has 2 amide bonds. The van der Waals surface area contributed by atoms with Crippen molar-refractivity contribution in [3.05, 3.63) is 35.6 Å². The standard InChI is InChI=1S/C19H26FN3O2/c1-14(24)21-18-3-2-9-23(12-18)19(25)13-22-10-8-16(11-22)15-4-6-17(20)7-5-15/h4-7,16,18H,2-3,8-13H2,1H3,(H,21,24). The number of halogens is 1. The van der Waals surface area contributed by atoms with E-state index < -0.39 is 0 Å². The Kier molecular flexibility index (Phi) is 5.68. The van der Waals surface area contributed by atoms with Crippen molar-refractivity contribution >= 4 is 11.8 Å². The van der Waals surface area contributed by atoms with Gasteiger partial charge in [-0.25, -0.2) is 4.39 Å². The summed E-state index contributed by atoms with van der Waals surface area (Å²) in [7, 11) is 0. The Morgan fingerprint density at radius 1 is 1.16 bits per heavy atom. The van der Waals surface area contributed by atoms with Gasteiger partial charge in [-0.15, -0.1) is 0 Å². The molecule has 1 N–H and O–H groups in total. The van der Waals surface area contributed by atoms with E-state index in [0.717, 1.165) is 44.5 Å². The number of amides is 2. The molecule has 0 spiro atoms. The van der Waals surface area contributed by atoms with Crippen molar-refractivity contribution in [1.82, 2.24) is 15.1 Å². The highest BCUT2D eigenvalue weighted by Gasteiger charge is 2.29. The molecule has 25 heavy (non-hydrogen) atoms. The fraction of sp³-hybridized carbons (Fsp3) is 0.579. The highest BCUT2D eigenvalue weighted by Crippen LogP contribution is 2.27. The first kappa shape index (κ1) is 17.9. The molecule has 6 heteroatoms. The zero-order valence-electron chi connectivity index (χ0n) is 14.7. The molecule has 2 saturated heterocycles. The van der Waals surface area contributed by atoms with E-state index in [9.17, 15) is 14.0 Å². The third kappa shape index (κ3) is 4.78. The van der Waals surface area contributed by atoms with Crippen LogP contribution in [-0.2, 0) is 9.59 Å². The van der Waals surface area contributed by atoms with Crippen LogP contribution in [0.3, 0.4) is 0 Å². The number of nitrogens with zero attached hydrogens (tertiary/aromatic N) is 2. The van der Waals surface area contributed by atoms with Gasteiger partial charge in [0.1, 0.15) is 5.82 Å². The van der Waals surface area contributed by atoms with Crippen molar-refractivity contribution in [3.8, 4) is 0 Å². The lowest BCUT2D eigenvalue weighted by Crippen LogP contribution is -2.51. The summed E-state index contributed by atoms with van der Waals surface area (Å²) < 4.78 is 13.1. The van der Waals surface area contributed by atoms with Crippen LogP contribution in [0.2, 0.25) is 0 Å². The molecule has 0 radical (unpaired) electrons. The van der Waals surface area contributed by atoms with E-state index in [1.54, 1.807) is 0 Å². The third-order valence-electron chi connectivity index (χ3n) is 5.15. The van der Waals surface area contributed by atoms with E-state index in [1.807, 2.05) is 17.0 Å². The van der Waals surface area contributed by atoms with E-state index >= 15 is 0 Å². The predicted octanol–water partition coefficient (Wildman–Crippen LogP) is 1.74. The van der Waals surface area contributed by atoms with Gasteiger partial charge >= 0.3 is 0 Å². The highest BCUT2D eigenvalue weighted by atomic mass is 19.1. The number of benzene rings is 1. The number of hydrogen-bond acceptors (Lipinski definition) is 3. The number of nitrogens with one attached hydrogen (secondary N) is 1. The van der Waals surface area contributed by atoms with E-state index in [4.69, 9.17) is 0 Å². The Bertz CT molecular complexity index is 620. The summed E-state index contributed by atoms with van der Waals surface area (Å²) in [6.45, 7) is 5.03. The molecule has 3 rings (SSSR count). The zero-order valence-corrected chi connectivity index (χ0v) is 14.7. The summed E-state index contributed by atoms with van der Waals surface area (Å²) in [5.74, 6) is 0.241. The summed E-state index contributed by atoms with van der Waals surface area (Å²) in [4.78, 5) is 27.9. The number of carbonyl (C=O) groups is 2. The minimum absolute atomic E-state index is 0.0408. The van der Waals surface area contributed by atoms with Gasteiger partial charge in [0.25, 0.3) is 0 Å². The number of rotatable bonds is 4. The molecular formula is C19H26FN3O2.